The first-order valence-corrected chi connectivity index (χ1v) is 9.09. The Balaban J connectivity index is 2.05. The van der Waals surface area contributed by atoms with Crippen LogP contribution >= 0.6 is 0 Å². The molecule has 1 aromatic carbocycles. The number of esters is 2. The van der Waals surface area contributed by atoms with E-state index in [1.54, 1.807) is 5.06 Å². The van der Waals surface area contributed by atoms with Gasteiger partial charge in [-0.2, -0.15) is 5.06 Å². The van der Waals surface area contributed by atoms with Crippen LogP contribution in [0.5, 0.6) is 0 Å². The van der Waals surface area contributed by atoms with Gasteiger partial charge in [-0.15, -0.1) is 0 Å². The van der Waals surface area contributed by atoms with Crippen LogP contribution in [-0.2, 0) is 30.5 Å². The van der Waals surface area contributed by atoms with Gasteiger partial charge in [0, 0.05) is 11.5 Å². The molecular weight excluding hydrogens is 350 g/mol. The zero-order valence-corrected chi connectivity index (χ0v) is 16.4. The molecule has 150 valence electrons. The van der Waals surface area contributed by atoms with Crippen molar-refractivity contribution in [1.29, 1.82) is 0 Å². The topological polar surface area (TPSA) is 85.3 Å². The molecule has 1 saturated heterocycles. The van der Waals surface area contributed by atoms with Crippen molar-refractivity contribution in [3.05, 3.63) is 35.9 Å². The van der Waals surface area contributed by atoms with Gasteiger partial charge in [0.2, 0.25) is 0 Å². The van der Waals surface area contributed by atoms with Gasteiger partial charge in [-0.05, 0) is 18.9 Å². The molecule has 2 rings (SSSR count). The number of ether oxygens (including phenoxy) is 2. The van der Waals surface area contributed by atoms with Gasteiger partial charge in [-0.1, -0.05) is 44.2 Å². The summed E-state index contributed by atoms with van der Waals surface area (Å²) in [5.74, 6) is -1.36. The second-order valence-corrected chi connectivity index (χ2v) is 7.67. The van der Waals surface area contributed by atoms with Crippen LogP contribution in [-0.4, -0.2) is 54.5 Å². The Morgan fingerprint density at radius 2 is 1.89 bits per heavy atom. The third kappa shape index (κ3) is 5.51. The molecule has 0 radical (unpaired) electrons. The van der Waals surface area contributed by atoms with Gasteiger partial charge in [-0.25, -0.2) is 0 Å². The molecule has 0 spiro atoms. The van der Waals surface area contributed by atoms with Gasteiger partial charge in [0.1, 0.15) is 6.04 Å². The van der Waals surface area contributed by atoms with Crippen molar-refractivity contribution in [2.24, 2.45) is 11.3 Å². The van der Waals surface area contributed by atoms with Gasteiger partial charge in [0.05, 0.1) is 32.8 Å². The number of nitrogens with zero attached hydrogens (tertiary/aromatic N) is 1. The Labute approximate surface area is 160 Å². The van der Waals surface area contributed by atoms with Crippen molar-refractivity contribution in [3.63, 3.8) is 0 Å². The van der Waals surface area contributed by atoms with Crippen molar-refractivity contribution in [3.8, 4) is 0 Å². The second kappa shape index (κ2) is 9.30. The van der Waals surface area contributed by atoms with Gasteiger partial charge >= 0.3 is 11.9 Å². The molecule has 0 saturated carbocycles. The highest BCUT2D eigenvalue weighted by atomic mass is 16.7. The van der Waals surface area contributed by atoms with E-state index in [-0.39, 0.29) is 32.3 Å². The number of benzene rings is 1. The molecule has 1 aliphatic rings. The maximum Gasteiger partial charge on any atom is 0.325 e. The van der Waals surface area contributed by atoms with E-state index in [0.29, 0.717) is 0 Å². The summed E-state index contributed by atoms with van der Waals surface area (Å²) in [7, 11) is 1.32. The van der Waals surface area contributed by atoms with E-state index in [1.807, 2.05) is 51.1 Å². The number of rotatable bonds is 8. The van der Waals surface area contributed by atoms with Crippen LogP contribution in [0.25, 0.3) is 0 Å². The molecular formula is C20H29NO6. The Morgan fingerprint density at radius 3 is 2.48 bits per heavy atom. The Kier molecular flexibility index (Phi) is 7.35. The van der Waals surface area contributed by atoms with Crippen molar-refractivity contribution in [2.75, 3.05) is 20.3 Å². The zero-order valence-electron chi connectivity index (χ0n) is 16.4. The lowest BCUT2D eigenvalue weighted by Crippen LogP contribution is -2.41. The number of hydrogen-bond donors (Lipinski definition) is 1. The summed E-state index contributed by atoms with van der Waals surface area (Å²) in [4.78, 5) is 30.6. The molecule has 0 aromatic heterocycles. The number of methoxy groups -OCH3 is 1. The predicted octanol–water partition coefficient (Wildman–Crippen LogP) is 1.93. The average molecular weight is 379 g/mol. The summed E-state index contributed by atoms with van der Waals surface area (Å²) in [6, 6.07) is 8.58. The van der Waals surface area contributed by atoms with E-state index in [2.05, 4.69) is 0 Å². The van der Waals surface area contributed by atoms with Crippen molar-refractivity contribution in [1.82, 2.24) is 5.06 Å². The van der Waals surface area contributed by atoms with Crippen molar-refractivity contribution >= 4 is 11.9 Å². The SMILES string of the molecule is COC(=O)[C@H]1C[C@@H](C(=O)OCC(C)(C)CO)[C@@H](C)N1OCc1ccccc1. The largest absolute Gasteiger partial charge is 0.468 e. The van der Waals surface area contributed by atoms with E-state index < -0.39 is 29.3 Å². The second-order valence-electron chi connectivity index (χ2n) is 7.67. The van der Waals surface area contributed by atoms with Gasteiger partial charge in [-0.3, -0.25) is 14.4 Å². The van der Waals surface area contributed by atoms with Crippen LogP contribution < -0.4 is 0 Å². The highest BCUT2D eigenvalue weighted by Crippen LogP contribution is 2.33. The molecule has 1 aromatic rings. The fourth-order valence-electron chi connectivity index (χ4n) is 2.98. The number of carbonyl (C=O) groups excluding carboxylic acids is 2. The van der Waals surface area contributed by atoms with Crippen LogP contribution in [0, 0.1) is 11.3 Å². The van der Waals surface area contributed by atoms with Crippen molar-refractivity contribution < 1.29 is 29.0 Å². The summed E-state index contributed by atoms with van der Waals surface area (Å²) < 4.78 is 10.3. The monoisotopic (exact) mass is 379 g/mol. The summed E-state index contributed by atoms with van der Waals surface area (Å²) in [6.07, 6.45) is 0.265. The Hall–Kier alpha value is -1.96. The number of aliphatic hydroxyl groups is 1. The number of hydroxylamine groups is 2. The molecule has 27 heavy (non-hydrogen) atoms. The molecule has 7 heteroatoms. The van der Waals surface area contributed by atoms with Gasteiger partial charge in [0.25, 0.3) is 0 Å². The normalized spacial score (nSPS) is 23.2. The lowest BCUT2D eigenvalue weighted by Gasteiger charge is -2.27. The van der Waals surface area contributed by atoms with E-state index in [1.165, 1.54) is 7.11 Å². The molecule has 1 heterocycles. The quantitative estimate of drug-likeness (QED) is 0.691. The van der Waals surface area contributed by atoms with Crippen LogP contribution in [0.3, 0.4) is 0 Å². The molecule has 0 unspecified atom stereocenters. The lowest BCUT2D eigenvalue weighted by molar-refractivity contribution is -0.212. The summed E-state index contributed by atoms with van der Waals surface area (Å²) >= 11 is 0. The van der Waals surface area contributed by atoms with E-state index in [4.69, 9.17) is 14.3 Å². The number of aliphatic hydroxyl groups excluding tert-OH is 1. The maximum absolute atomic E-state index is 12.6. The first kappa shape index (κ1) is 21.3. The van der Waals surface area contributed by atoms with Crippen LogP contribution in [0.2, 0.25) is 0 Å². The van der Waals surface area contributed by atoms with E-state index in [9.17, 15) is 14.7 Å². The Morgan fingerprint density at radius 1 is 1.22 bits per heavy atom. The summed E-state index contributed by atoms with van der Waals surface area (Å²) in [6.45, 7) is 5.77. The maximum atomic E-state index is 12.6. The molecule has 1 fully saturated rings. The van der Waals surface area contributed by atoms with Crippen LogP contribution in [0.15, 0.2) is 30.3 Å². The molecule has 1 N–H and O–H groups in total. The first-order valence-electron chi connectivity index (χ1n) is 9.09. The van der Waals surface area contributed by atoms with Crippen LogP contribution in [0.4, 0.5) is 0 Å². The lowest BCUT2D eigenvalue weighted by atomic mass is 9.96. The third-order valence-corrected chi connectivity index (χ3v) is 4.80. The standard InChI is InChI=1S/C20H29NO6/c1-14-16(18(23)26-13-20(2,3)12-22)10-17(19(24)25-4)21(14)27-11-15-8-6-5-7-9-15/h5-9,14,16-17,22H,10-13H2,1-4H3/t14-,16-,17-/m1/s1. The number of hydrogen-bond acceptors (Lipinski definition) is 7. The molecule has 1 aliphatic heterocycles. The smallest absolute Gasteiger partial charge is 0.325 e. The third-order valence-electron chi connectivity index (χ3n) is 4.80. The fraction of sp³-hybridized carbons (Fsp3) is 0.600. The van der Waals surface area contributed by atoms with Crippen LogP contribution in [0.1, 0.15) is 32.8 Å². The minimum Gasteiger partial charge on any atom is -0.468 e. The summed E-state index contributed by atoms with van der Waals surface area (Å²) in [5, 5.41) is 10.9. The molecule has 0 bridgehead atoms. The minimum atomic E-state index is -0.669. The summed E-state index contributed by atoms with van der Waals surface area (Å²) in [5.41, 5.74) is 0.451. The highest BCUT2D eigenvalue weighted by Gasteiger charge is 2.48. The van der Waals surface area contributed by atoms with Gasteiger partial charge in [0.15, 0.2) is 0 Å². The number of carbonyl (C=O) groups is 2. The predicted molar refractivity (Wildman–Crippen MR) is 98.3 cm³/mol. The van der Waals surface area contributed by atoms with E-state index in [0.717, 1.165) is 5.56 Å². The molecule has 7 nitrogen and oxygen atoms in total. The average Bonchev–Trinajstić information content (AvgIpc) is 3.01. The molecule has 0 amide bonds. The Bertz CT molecular complexity index is 633. The highest BCUT2D eigenvalue weighted by molar-refractivity contribution is 5.80. The minimum absolute atomic E-state index is 0.0857. The van der Waals surface area contributed by atoms with Gasteiger partial charge < -0.3 is 14.6 Å². The molecule has 0 aliphatic carbocycles. The first-order chi connectivity index (χ1) is 12.8. The zero-order chi connectivity index (χ0) is 20.0. The van der Waals surface area contributed by atoms with E-state index >= 15 is 0 Å². The molecule has 3 atom stereocenters. The van der Waals surface area contributed by atoms with Crippen molar-refractivity contribution in [2.45, 2.75) is 45.9 Å². The fourth-order valence-corrected chi connectivity index (χ4v) is 2.98.